The third-order valence-corrected chi connectivity index (χ3v) is 2.12. The monoisotopic (exact) mass is 225 g/mol. The number of hydrogen-bond donors (Lipinski definition) is 1. The smallest absolute Gasteiger partial charge is 0.381 e. The van der Waals surface area contributed by atoms with Crippen molar-refractivity contribution in [3.63, 3.8) is 0 Å². The third-order valence-electron chi connectivity index (χ3n) is 2.12. The first kappa shape index (κ1) is 12.3. The summed E-state index contributed by atoms with van der Waals surface area (Å²) < 4.78 is 36.5. The fourth-order valence-electron chi connectivity index (χ4n) is 1.30. The van der Waals surface area contributed by atoms with Crippen LogP contribution in [-0.4, -0.2) is 40.3 Å². The Balaban J connectivity index is 2.71. The first-order valence-electron chi connectivity index (χ1n) is 4.71. The van der Waals surface area contributed by atoms with Gasteiger partial charge in [0, 0.05) is 6.04 Å². The predicted molar refractivity (Wildman–Crippen MR) is 47.1 cm³/mol. The van der Waals surface area contributed by atoms with Crippen molar-refractivity contribution in [1.82, 2.24) is 4.90 Å². The molecule has 6 heteroatoms. The lowest BCUT2D eigenvalue weighted by Gasteiger charge is -2.29. The lowest BCUT2D eigenvalue weighted by atomic mass is 10.1. The highest BCUT2D eigenvalue weighted by molar-refractivity contribution is 5.84. The van der Waals surface area contributed by atoms with E-state index in [1.165, 1.54) is 13.8 Å². The second-order valence-corrected chi connectivity index (χ2v) is 4.34. The first-order chi connectivity index (χ1) is 6.61. The van der Waals surface area contributed by atoms with E-state index in [1.54, 1.807) is 0 Å². The van der Waals surface area contributed by atoms with E-state index >= 15 is 0 Å². The fraction of sp³-hybridized carbons (Fsp3) is 0.889. The van der Waals surface area contributed by atoms with Gasteiger partial charge in [0.2, 0.25) is 0 Å². The molecule has 0 radical (unpaired) electrons. The predicted octanol–water partition coefficient (Wildman–Crippen LogP) is 1.31. The Morgan fingerprint density at radius 2 is 1.87 bits per heavy atom. The summed E-state index contributed by atoms with van der Waals surface area (Å²) in [4.78, 5) is 12.2. The molecule has 0 spiro atoms. The molecule has 0 atom stereocenters. The third kappa shape index (κ3) is 3.70. The quantitative estimate of drug-likeness (QED) is 0.786. The average Bonchev–Trinajstić information content (AvgIpc) is 2.77. The molecule has 1 fully saturated rings. The molecular weight excluding hydrogens is 211 g/mol. The molecule has 1 rings (SSSR count). The van der Waals surface area contributed by atoms with Crippen molar-refractivity contribution in [2.75, 3.05) is 6.54 Å². The Morgan fingerprint density at radius 1 is 1.40 bits per heavy atom. The molecule has 1 saturated carbocycles. The lowest BCUT2D eigenvalue weighted by Crippen LogP contribution is -2.49. The molecule has 1 amide bonds. The van der Waals surface area contributed by atoms with Crippen molar-refractivity contribution in [2.24, 2.45) is 0 Å². The molecule has 0 saturated heterocycles. The van der Waals surface area contributed by atoms with Gasteiger partial charge in [-0.3, -0.25) is 4.79 Å². The topological polar surface area (TPSA) is 40.5 Å². The molecule has 0 aromatic rings. The Bertz CT molecular complexity index is 253. The summed E-state index contributed by atoms with van der Waals surface area (Å²) in [6, 6.07) is -0.356. The van der Waals surface area contributed by atoms with Crippen LogP contribution in [0.25, 0.3) is 0 Å². The van der Waals surface area contributed by atoms with Gasteiger partial charge in [-0.15, -0.1) is 0 Å². The minimum atomic E-state index is -4.41. The maximum absolute atomic E-state index is 12.2. The van der Waals surface area contributed by atoms with Gasteiger partial charge in [-0.25, -0.2) is 0 Å². The van der Waals surface area contributed by atoms with Crippen molar-refractivity contribution in [3.05, 3.63) is 0 Å². The maximum atomic E-state index is 12.2. The summed E-state index contributed by atoms with van der Waals surface area (Å²) in [6.45, 7) is 1.11. The van der Waals surface area contributed by atoms with Gasteiger partial charge in [0.05, 0.1) is 0 Å². The lowest BCUT2D eigenvalue weighted by molar-refractivity contribution is -0.172. The van der Waals surface area contributed by atoms with Crippen LogP contribution < -0.4 is 0 Å². The molecule has 3 nitrogen and oxygen atoms in total. The SMILES string of the molecule is CC(C)(O)C(=O)N(CC(F)(F)F)C1CC1. The van der Waals surface area contributed by atoms with Crippen molar-refractivity contribution in [1.29, 1.82) is 0 Å². The van der Waals surface area contributed by atoms with Crippen LogP contribution in [-0.2, 0) is 4.79 Å². The summed E-state index contributed by atoms with van der Waals surface area (Å²) in [6.07, 6.45) is -3.25. The molecule has 0 aromatic heterocycles. The number of amides is 1. The maximum Gasteiger partial charge on any atom is 0.406 e. The Hall–Kier alpha value is -0.780. The van der Waals surface area contributed by atoms with E-state index in [-0.39, 0.29) is 6.04 Å². The van der Waals surface area contributed by atoms with E-state index in [4.69, 9.17) is 0 Å². The molecule has 0 aliphatic heterocycles. The van der Waals surface area contributed by atoms with Crippen LogP contribution in [0.5, 0.6) is 0 Å². The van der Waals surface area contributed by atoms with Crippen molar-refractivity contribution in [3.8, 4) is 0 Å². The highest BCUT2D eigenvalue weighted by atomic mass is 19.4. The number of aliphatic hydroxyl groups is 1. The number of rotatable bonds is 3. The number of carbonyl (C=O) groups excluding carboxylic acids is 1. The Morgan fingerprint density at radius 3 is 2.13 bits per heavy atom. The second kappa shape index (κ2) is 3.66. The van der Waals surface area contributed by atoms with Crippen LogP contribution in [0.2, 0.25) is 0 Å². The van der Waals surface area contributed by atoms with Gasteiger partial charge >= 0.3 is 6.18 Å². The Kier molecular flexibility index (Phi) is 3.00. The number of alkyl halides is 3. The van der Waals surface area contributed by atoms with Gasteiger partial charge in [0.25, 0.3) is 5.91 Å². The van der Waals surface area contributed by atoms with E-state index < -0.39 is 24.2 Å². The fourth-order valence-corrected chi connectivity index (χ4v) is 1.30. The summed E-state index contributed by atoms with van der Waals surface area (Å²) in [7, 11) is 0. The van der Waals surface area contributed by atoms with Gasteiger partial charge in [-0.2, -0.15) is 13.2 Å². The van der Waals surface area contributed by atoms with E-state index in [9.17, 15) is 23.1 Å². The molecule has 88 valence electrons. The normalized spacial score (nSPS) is 17.7. The zero-order valence-corrected chi connectivity index (χ0v) is 8.64. The molecule has 15 heavy (non-hydrogen) atoms. The zero-order chi connectivity index (χ0) is 11.9. The van der Waals surface area contributed by atoms with Crippen LogP contribution >= 0.6 is 0 Å². The van der Waals surface area contributed by atoms with E-state index in [0.29, 0.717) is 12.8 Å². The van der Waals surface area contributed by atoms with Crippen LogP contribution in [0, 0.1) is 0 Å². The second-order valence-electron chi connectivity index (χ2n) is 4.34. The molecule has 1 aliphatic rings. The van der Waals surface area contributed by atoms with Crippen LogP contribution in [0.4, 0.5) is 13.2 Å². The van der Waals surface area contributed by atoms with Crippen molar-refractivity contribution in [2.45, 2.75) is 44.5 Å². The Labute approximate surface area is 85.9 Å². The van der Waals surface area contributed by atoms with Gasteiger partial charge in [0.15, 0.2) is 0 Å². The van der Waals surface area contributed by atoms with Crippen molar-refractivity contribution < 1.29 is 23.1 Å². The van der Waals surface area contributed by atoms with E-state index in [1.807, 2.05) is 0 Å². The summed E-state index contributed by atoms with van der Waals surface area (Å²) in [5.74, 6) is -0.859. The molecule has 1 N–H and O–H groups in total. The number of halogens is 3. The number of hydrogen-bond acceptors (Lipinski definition) is 2. The highest BCUT2D eigenvalue weighted by Crippen LogP contribution is 2.31. The van der Waals surface area contributed by atoms with Crippen LogP contribution in [0.3, 0.4) is 0 Å². The van der Waals surface area contributed by atoms with Crippen LogP contribution in [0.15, 0.2) is 0 Å². The first-order valence-corrected chi connectivity index (χ1v) is 4.71. The molecule has 1 aliphatic carbocycles. The standard InChI is InChI=1S/C9H14F3NO2/c1-8(2,15)7(14)13(6-3-4-6)5-9(10,11)12/h6,15H,3-5H2,1-2H3. The molecule has 0 unspecified atom stereocenters. The van der Waals surface area contributed by atoms with Crippen molar-refractivity contribution >= 4 is 5.91 Å². The molecule has 0 aromatic carbocycles. The van der Waals surface area contributed by atoms with E-state index in [0.717, 1.165) is 4.90 Å². The number of nitrogens with zero attached hydrogens (tertiary/aromatic N) is 1. The van der Waals surface area contributed by atoms with Gasteiger partial charge < -0.3 is 10.0 Å². The van der Waals surface area contributed by atoms with Gasteiger partial charge in [0.1, 0.15) is 12.1 Å². The summed E-state index contributed by atoms with van der Waals surface area (Å²) >= 11 is 0. The summed E-state index contributed by atoms with van der Waals surface area (Å²) in [5, 5.41) is 9.37. The minimum absolute atomic E-state index is 0.356. The van der Waals surface area contributed by atoms with Gasteiger partial charge in [-0.1, -0.05) is 0 Å². The largest absolute Gasteiger partial charge is 0.406 e. The highest BCUT2D eigenvalue weighted by Gasteiger charge is 2.44. The molecular formula is C9H14F3NO2. The average molecular weight is 225 g/mol. The number of carbonyl (C=O) groups is 1. The zero-order valence-electron chi connectivity index (χ0n) is 8.64. The van der Waals surface area contributed by atoms with Gasteiger partial charge in [-0.05, 0) is 26.7 Å². The van der Waals surface area contributed by atoms with E-state index in [2.05, 4.69) is 0 Å². The van der Waals surface area contributed by atoms with Crippen LogP contribution in [0.1, 0.15) is 26.7 Å². The summed E-state index contributed by atoms with van der Waals surface area (Å²) in [5.41, 5.74) is -1.74. The minimum Gasteiger partial charge on any atom is -0.381 e. The molecule has 0 bridgehead atoms. The molecule has 0 heterocycles.